The molecule has 1 aromatic heterocycles. The Morgan fingerprint density at radius 3 is 2.80 bits per heavy atom. The van der Waals surface area contributed by atoms with Crippen LogP contribution in [0.4, 0.5) is 16.0 Å². The molecule has 0 aliphatic rings. The third-order valence-electron chi connectivity index (χ3n) is 2.30. The molecule has 0 aliphatic carbocycles. The molecule has 0 atom stereocenters. The lowest BCUT2D eigenvalue weighted by atomic mass is 10.1. The van der Waals surface area contributed by atoms with Crippen molar-refractivity contribution >= 4 is 33.2 Å². The fourth-order valence-corrected chi connectivity index (χ4v) is 2.02. The summed E-state index contributed by atoms with van der Waals surface area (Å²) in [5.74, 6) is -0.714. The number of nitrogens with two attached hydrogens (primary N) is 1. The molecular weight excluding hydrogens is 286 g/mol. The van der Waals surface area contributed by atoms with Gasteiger partial charge in [-0.05, 0) is 6.07 Å². The summed E-state index contributed by atoms with van der Waals surface area (Å²) in [4.78, 5) is 22.3. The Bertz CT molecular complexity index is 671. The summed E-state index contributed by atoms with van der Waals surface area (Å²) in [5, 5.41) is 20.9. The monoisotopic (exact) mass is 295 g/mol. The summed E-state index contributed by atoms with van der Waals surface area (Å²) in [6.07, 6.45) is 0. The van der Waals surface area contributed by atoms with E-state index < -0.39 is 10.8 Å². The molecule has 9 nitrogen and oxygen atoms in total. The van der Waals surface area contributed by atoms with Gasteiger partial charge in [-0.25, -0.2) is 0 Å². The number of nitrogens with one attached hydrogen (secondary N) is 1. The largest absolute Gasteiger partial charge is 0.490 e. The van der Waals surface area contributed by atoms with Crippen molar-refractivity contribution in [2.45, 2.75) is 0 Å². The number of hydrogen-bond acceptors (Lipinski definition) is 8. The second-order valence-electron chi connectivity index (χ2n) is 3.51. The Labute approximate surface area is 116 Å². The number of nitro benzene ring substituents is 1. The zero-order valence-electron chi connectivity index (χ0n) is 10.2. The number of anilines is 2. The van der Waals surface area contributed by atoms with Gasteiger partial charge in [0.25, 0.3) is 5.91 Å². The number of methoxy groups -OCH3 is 1. The highest BCUT2D eigenvalue weighted by Crippen LogP contribution is 2.31. The van der Waals surface area contributed by atoms with Crippen LogP contribution in [0, 0.1) is 10.1 Å². The van der Waals surface area contributed by atoms with Gasteiger partial charge in [-0.2, -0.15) is 0 Å². The van der Waals surface area contributed by atoms with Gasteiger partial charge in [-0.1, -0.05) is 17.4 Å². The minimum atomic E-state index is -0.626. The Hall–Kier alpha value is -2.75. The normalized spacial score (nSPS) is 10.1. The van der Waals surface area contributed by atoms with Crippen LogP contribution in [0.1, 0.15) is 10.4 Å². The lowest BCUT2D eigenvalue weighted by Gasteiger charge is -2.07. The van der Waals surface area contributed by atoms with E-state index in [4.69, 9.17) is 10.5 Å². The molecule has 0 aliphatic heterocycles. The van der Waals surface area contributed by atoms with Crippen LogP contribution in [0.15, 0.2) is 18.2 Å². The Morgan fingerprint density at radius 1 is 1.50 bits per heavy atom. The van der Waals surface area contributed by atoms with Gasteiger partial charge < -0.3 is 10.5 Å². The number of rotatable bonds is 4. The van der Waals surface area contributed by atoms with E-state index >= 15 is 0 Å². The average molecular weight is 295 g/mol. The third-order valence-corrected chi connectivity index (χ3v) is 2.97. The van der Waals surface area contributed by atoms with E-state index in [9.17, 15) is 14.9 Å². The maximum absolute atomic E-state index is 12.1. The molecule has 1 heterocycles. The van der Waals surface area contributed by atoms with Crippen LogP contribution in [0.5, 0.6) is 5.75 Å². The molecule has 0 fully saturated rings. The number of ether oxygens (including phenoxy) is 1. The number of amides is 1. The predicted molar refractivity (Wildman–Crippen MR) is 71.9 cm³/mol. The van der Waals surface area contributed by atoms with E-state index in [-0.39, 0.29) is 27.3 Å². The molecule has 20 heavy (non-hydrogen) atoms. The number of carbonyl (C=O) groups is 1. The maximum Gasteiger partial charge on any atom is 0.311 e. The molecule has 0 saturated carbocycles. The Morgan fingerprint density at radius 2 is 2.25 bits per heavy atom. The number of aromatic nitrogens is 2. The number of para-hydroxylation sites is 1. The molecule has 0 saturated heterocycles. The average Bonchev–Trinajstić information content (AvgIpc) is 2.82. The molecule has 0 bridgehead atoms. The first-order valence-electron chi connectivity index (χ1n) is 5.24. The van der Waals surface area contributed by atoms with Crippen LogP contribution in [0.2, 0.25) is 0 Å². The first kappa shape index (κ1) is 13.7. The van der Waals surface area contributed by atoms with Crippen molar-refractivity contribution in [3.05, 3.63) is 33.9 Å². The number of nitrogens with zero attached hydrogens (tertiary/aromatic N) is 3. The van der Waals surface area contributed by atoms with E-state index in [1.54, 1.807) is 0 Å². The van der Waals surface area contributed by atoms with Crippen LogP contribution in [-0.2, 0) is 0 Å². The lowest BCUT2D eigenvalue weighted by Crippen LogP contribution is -2.13. The Balaban J connectivity index is 2.34. The molecule has 0 spiro atoms. The number of hydrogen-bond donors (Lipinski definition) is 2. The zero-order valence-corrected chi connectivity index (χ0v) is 11.0. The highest BCUT2D eigenvalue weighted by Gasteiger charge is 2.23. The summed E-state index contributed by atoms with van der Waals surface area (Å²) < 4.78 is 4.94. The van der Waals surface area contributed by atoms with Gasteiger partial charge in [0.05, 0.1) is 17.6 Å². The van der Waals surface area contributed by atoms with E-state index in [0.29, 0.717) is 0 Å². The highest BCUT2D eigenvalue weighted by atomic mass is 32.1. The molecule has 2 rings (SSSR count). The van der Waals surface area contributed by atoms with Crippen LogP contribution in [-0.4, -0.2) is 28.1 Å². The minimum absolute atomic E-state index is 0.0236. The molecular formula is C10H9N5O4S. The minimum Gasteiger partial charge on any atom is -0.490 e. The molecule has 1 aromatic carbocycles. The van der Waals surface area contributed by atoms with Gasteiger partial charge in [0.2, 0.25) is 16.0 Å². The summed E-state index contributed by atoms with van der Waals surface area (Å²) in [6.45, 7) is 0. The molecule has 1 amide bonds. The third kappa shape index (κ3) is 2.64. The van der Waals surface area contributed by atoms with Crippen LogP contribution in [0.25, 0.3) is 0 Å². The van der Waals surface area contributed by atoms with E-state index in [1.807, 2.05) is 0 Å². The quantitative estimate of drug-likeness (QED) is 0.641. The van der Waals surface area contributed by atoms with Gasteiger partial charge in [0.15, 0.2) is 0 Å². The SMILES string of the molecule is COc1c(C(=O)Nc2nnc(N)s2)cccc1[N+](=O)[O-]. The maximum atomic E-state index is 12.1. The van der Waals surface area contributed by atoms with Gasteiger partial charge >= 0.3 is 5.69 Å². The number of nitro groups is 1. The van der Waals surface area contributed by atoms with Crippen molar-refractivity contribution in [1.29, 1.82) is 0 Å². The molecule has 104 valence electrons. The van der Waals surface area contributed by atoms with Crippen molar-refractivity contribution in [3.63, 3.8) is 0 Å². The predicted octanol–water partition coefficient (Wildman–Crippen LogP) is 1.29. The van der Waals surface area contributed by atoms with Gasteiger partial charge in [-0.3, -0.25) is 20.2 Å². The molecule has 0 unspecified atom stereocenters. The van der Waals surface area contributed by atoms with E-state index in [0.717, 1.165) is 11.3 Å². The van der Waals surface area contributed by atoms with Crippen LogP contribution < -0.4 is 15.8 Å². The first-order chi connectivity index (χ1) is 9.52. The number of carbonyl (C=O) groups excluding carboxylic acids is 1. The van der Waals surface area contributed by atoms with Crippen LogP contribution >= 0.6 is 11.3 Å². The van der Waals surface area contributed by atoms with Crippen LogP contribution in [0.3, 0.4) is 0 Å². The first-order valence-corrected chi connectivity index (χ1v) is 6.06. The fourth-order valence-electron chi connectivity index (χ4n) is 1.51. The van der Waals surface area contributed by atoms with Crippen molar-refractivity contribution in [2.24, 2.45) is 0 Å². The number of nitrogen functional groups attached to an aromatic ring is 1. The fraction of sp³-hybridized carbons (Fsp3) is 0.100. The van der Waals surface area contributed by atoms with E-state index in [1.165, 1.54) is 25.3 Å². The molecule has 0 radical (unpaired) electrons. The topological polar surface area (TPSA) is 133 Å². The summed E-state index contributed by atoms with van der Waals surface area (Å²) in [6, 6.07) is 4.05. The highest BCUT2D eigenvalue weighted by molar-refractivity contribution is 7.19. The van der Waals surface area contributed by atoms with Crippen molar-refractivity contribution in [1.82, 2.24) is 10.2 Å². The van der Waals surface area contributed by atoms with Gasteiger partial charge in [-0.15, -0.1) is 10.2 Å². The second kappa shape index (κ2) is 5.48. The lowest BCUT2D eigenvalue weighted by molar-refractivity contribution is -0.385. The summed E-state index contributed by atoms with van der Waals surface area (Å²) in [5.41, 5.74) is 5.12. The van der Waals surface area contributed by atoms with Crippen molar-refractivity contribution < 1.29 is 14.5 Å². The van der Waals surface area contributed by atoms with Crippen molar-refractivity contribution in [3.8, 4) is 5.75 Å². The second-order valence-corrected chi connectivity index (χ2v) is 4.52. The number of benzene rings is 1. The summed E-state index contributed by atoms with van der Waals surface area (Å²) >= 11 is 0.984. The summed E-state index contributed by atoms with van der Waals surface area (Å²) in [7, 11) is 1.25. The van der Waals surface area contributed by atoms with Gasteiger partial charge in [0, 0.05) is 6.07 Å². The van der Waals surface area contributed by atoms with Gasteiger partial charge in [0.1, 0.15) is 0 Å². The zero-order chi connectivity index (χ0) is 14.7. The van der Waals surface area contributed by atoms with E-state index in [2.05, 4.69) is 15.5 Å². The molecule has 3 N–H and O–H groups in total. The van der Waals surface area contributed by atoms with Crippen molar-refractivity contribution in [2.75, 3.05) is 18.2 Å². The smallest absolute Gasteiger partial charge is 0.311 e. The molecule has 2 aromatic rings. The standard InChI is InChI=1S/C10H9N5O4S/c1-19-7-5(3-2-4-6(7)15(17)18)8(16)12-10-14-13-9(11)20-10/h2-4H,1H3,(H2,11,13)(H,12,14,16). The molecule has 10 heteroatoms. The Kier molecular flexibility index (Phi) is 3.75.